The summed E-state index contributed by atoms with van der Waals surface area (Å²) in [6, 6.07) is 6.63. The molecular weight excluding hydrogens is 618 g/mol. The van der Waals surface area contributed by atoms with Gasteiger partial charge in [0.05, 0.1) is 29.8 Å². The summed E-state index contributed by atoms with van der Waals surface area (Å²) in [5, 5.41) is 14.1. The fourth-order valence-electron chi connectivity index (χ4n) is 7.86. The van der Waals surface area contributed by atoms with Gasteiger partial charge in [-0.1, -0.05) is 25.6 Å². The van der Waals surface area contributed by atoms with E-state index in [0.717, 1.165) is 43.8 Å². The third kappa shape index (κ3) is 5.09. The van der Waals surface area contributed by atoms with Gasteiger partial charge in [0.15, 0.2) is 5.82 Å². The van der Waals surface area contributed by atoms with E-state index in [1.165, 1.54) is 12.3 Å². The Morgan fingerprint density at radius 2 is 1.93 bits per heavy atom. The molecule has 0 spiro atoms. The molecule has 3 N–H and O–H groups in total. The number of piperidine rings is 1. The number of benzene rings is 2. The van der Waals surface area contributed by atoms with Gasteiger partial charge in [0, 0.05) is 60.0 Å². The smallest absolute Gasteiger partial charge is 0.317 e. The molecule has 46 heavy (non-hydrogen) atoms. The normalized spacial score (nSPS) is 30.9. The first-order valence-electron chi connectivity index (χ1n) is 15.9. The lowest BCUT2D eigenvalue weighted by atomic mass is 9.73. The lowest BCUT2D eigenvalue weighted by Crippen LogP contribution is -2.51. The van der Waals surface area contributed by atoms with Gasteiger partial charge in [0.25, 0.3) is 0 Å². The lowest BCUT2D eigenvalue weighted by molar-refractivity contribution is -0.00720. The van der Waals surface area contributed by atoms with Crippen LogP contribution in [0.4, 0.5) is 23.2 Å². The highest BCUT2D eigenvalue weighted by atomic mass is 32.2. The number of rotatable bonds is 7. The van der Waals surface area contributed by atoms with Crippen molar-refractivity contribution in [3.8, 4) is 12.1 Å². The van der Waals surface area contributed by atoms with E-state index in [0.29, 0.717) is 37.3 Å². The van der Waals surface area contributed by atoms with Crippen LogP contribution in [0.25, 0.3) is 10.9 Å². The van der Waals surface area contributed by atoms with Crippen LogP contribution in [-0.4, -0.2) is 73.0 Å². The zero-order valence-corrected chi connectivity index (χ0v) is 26.6. The number of nitriles is 1. The second-order valence-electron chi connectivity index (χ2n) is 13.4. The van der Waals surface area contributed by atoms with Crippen molar-refractivity contribution in [2.45, 2.75) is 60.9 Å². The molecule has 3 fully saturated rings. The molecule has 7 rings (SSSR count). The number of aromatic nitrogens is 2. The molecule has 6 atom stereocenters. The number of likely N-dealkylation sites (tertiary alicyclic amines) is 1. The number of nitrogens with zero attached hydrogens (tertiary/aromatic N) is 5. The van der Waals surface area contributed by atoms with Crippen LogP contribution in [0.1, 0.15) is 50.2 Å². The van der Waals surface area contributed by atoms with E-state index in [1.807, 2.05) is 6.92 Å². The number of anilines is 1. The Kier molecular flexibility index (Phi) is 8.07. The molecule has 0 aliphatic carbocycles. The van der Waals surface area contributed by atoms with Gasteiger partial charge in [-0.3, -0.25) is 4.39 Å². The maximum atomic E-state index is 16.5. The van der Waals surface area contributed by atoms with Gasteiger partial charge in [-0.25, -0.2) is 18.2 Å². The Hall–Kier alpha value is -3.18. The van der Waals surface area contributed by atoms with E-state index in [-0.39, 0.29) is 46.4 Å². The number of nitrogens with two attached hydrogens (primary N) is 1. The number of alkyl halides is 1. The van der Waals surface area contributed by atoms with Crippen LogP contribution in [0.2, 0.25) is 0 Å². The fraction of sp³-hybridized carbons (Fsp3) is 0.545. The number of halogens is 4. The van der Waals surface area contributed by atoms with E-state index in [1.54, 1.807) is 6.07 Å². The minimum atomic E-state index is -1.98. The maximum absolute atomic E-state index is 16.5. The Morgan fingerprint density at radius 3 is 2.63 bits per heavy atom. The monoisotopic (exact) mass is 655 g/mol. The third-order valence-electron chi connectivity index (χ3n) is 10.5. The van der Waals surface area contributed by atoms with E-state index in [9.17, 15) is 9.65 Å². The molecule has 8 nitrogen and oxygen atoms in total. The predicted octanol–water partition coefficient (Wildman–Crippen LogP) is 5.21. The van der Waals surface area contributed by atoms with Gasteiger partial charge < -0.3 is 25.6 Å². The van der Waals surface area contributed by atoms with E-state index >= 15 is 13.2 Å². The highest BCUT2D eigenvalue weighted by molar-refractivity contribution is 8.00. The highest BCUT2D eigenvalue weighted by Gasteiger charge is 2.52. The van der Waals surface area contributed by atoms with Crippen LogP contribution in [0.3, 0.4) is 0 Å². The van der Waals surface area contributed by atoms with Crippen molar-refractivity contribution >= 4 is 28.4 Å². The summed E-state index contributed by atoms with van der Waals surface area (Å²) in [5.74, 6) is -4.10. The largest absolute Gasteiger partial charge is 0.463 e. The highest BCUT2D eigenvalue weighted by Crippen LogP contribution is 2.60. The van der Waals surface area contributed by atoms with Crippen molar-refractivity contribution in [3.63, 3.8) is 0 Å². The molecule has 0 saturated carbocycles. The molecule has 2 unspecified atom stereocenters. The minimum Gasteiger partial charge on any atom is -0.463 e. The molecular formula is C33H37F4N7OS. The number of hydrogen-bond donors (Lipinski definition) is 2. The fourth-order valence-corrected chi connectivity index (χ4v) is 9.27. The van der Waals surface area contributed by atoms with Crippen LogP contribution in [-0.2, 0) is 4.87 Å². The van der Waals surface area contributed by atoms with Crippen LogP contribution >= 0.6 is 11.8 Å². The Bertz CT molecular complexity index is 1710. The zero-order chi connectivity index (χ0) is 32.4. The zero-order valence-electron chi connectivity index (χ0n) is 25.8. The van der Waals surface area contributed by atoms with Crippen LogP contribution < -0.4 is 20.7 Å². The summed E-state index contributed by atoms with van der Waals surface area (Å²) >= 11 is 0.764. The Labute approximate surface area is 269 Å². The lowest BCUT2D eigenvalue weighted by Gasteiger charge is -2.44. The Balaban J connectivity index is 1.24. The van der Waals surface area contributed by atoms with Gasteiger partial charge >= 0.3 is 6.01 Å². The summed E-state index contributed by atoms with van der Waals surface area (Å²) < 4.78 is 67.7. The first-order chi connectivity index (χ1) is 22.1. The quantitative estimate of drug-likeness (QED) is 0.332. The molecule has 244 valence electrons. The number of hydrogen-bond acceptors (Lipinski definition) is 9. The van der Waals surface area contributed by atoms with Crippen molar-refractivity contribution < 1.29 is 22.3 Å². The number of piperazine rings is 1. The molecule has 5 heterocycles. The predicted molar refractivity (Wildman–Crippen MR) is 168 cm³/mol. The Morgan fingerprint density at radius 1 is 1.17 bits per heavy atom. The molecule has 4 aliphatic rings. The first-order valence-corrected chi connectivity index (χ1v) is 16.7. The first kappa shape index (κ1) is 31.4. The number of ether oxygens (including phenoxy) is 1. The second kappa shape index (κ2) is 11.8. The van der Waals surface area contributed by atoms with Gasteiger partial charge in [-0.15, -0.1) is 0 Å². The number of thioether (sulfide) groups is 1. The van der Waals surface area contributed by atoms with Crippen molar-refractivity contribution in [2.24, 2.45) is 17.1 Å². The second-order valence-corrected chi connectivity index (χ2v) is 14.7. The third-order valence-corrected chi connectivity index (χ3v) is 11.9. The average molecular weight is 656 g/mol. The van der Waals surface area contributed by atoms with Crippen molar-refractivity contribution in [1.82, 2.24) is 20.2 Å². The van der Waals surface area contributed by atoms with Crippen LogP contribution in [0.5, 0.6) is 6.01 Å². The van der Waals surface area contributed by atoms with Gasteiger partial charge in [0.2, 0.25) is 0 Å². The molecule has 3 aromatic rings. The van der Waals surface area contributed by atoms with Crippen LogP contribution in [0.15, 0.2) is 29.3 Å². The molecule has 4 aliphatic heterocycles. The molecule has 0 amide bonds. The standard InChI is InChI=1S/C33H37F4N7OS/c1-3-43-9-8-19(11-34)32(2,16-43)17-45-31-40-13-18-10-24(36)27(28(37)29(18)42-31)33(39)22(12-38)26-25(7-6-23(35)30(26)46-33)44-14-20-4-5-21(15-44)41-20/h6-7,10,13,19-22,41H,3-5,8-9,11,14-17,39H2,1-2H3/t19-,20-,21+,22?,32+,33?/m1/s1. The summed E-state index contributed by atoms with van der Waals surface area (Å²) in [7, 11) is 0. The van der Waals surface area contributed by atoms with Crippen molar-refractivity contribution in [1.29, 1.82) is 5.26 Å². The van der Waals surface area contributed by atoms with Gasteiger partial charge in [0.1, 0.15) is 27.9 Å². The van der Waals surface area contributed by atoms with E-state index in [2.05, 4.69) is 38.1 Å². The molecule has 13 heteroatoms. The van der Waals surface area contributed by atoms with Gasteiger partial charge in [-0.2, -0.15) is 10.2 Å². The summed E-state index contributed by atoms with van der Waals surface area (Å²) in [5.41, 5.74) is 6.53. The summed E-state index contributed by atoms with van der Waals surface area (Å²) in [6.45, 7) is 7.25. The molecule has 0 radical (unpaired) electrons. The summed E-state index contributed by atoms with van der Waals surface area (Å²) in [4.78, 5) is 11.0. The maximum Gasteiger partial charge on any atom is 0.317 e. The number of fused-ring (bicyclic) bond motifs is 4. The average Bonchev–Trinajstić information content (AvgIpc) is 3.55. The van der Waals surface area contributed by atoms with Gasteiger partial charge in [-0.05, 0) is 56.5 Å². The SMILES string of the molecule is CCN1CC[C@H](CF)[C@](C)(COc2ncc3cc(F)c(C4(N)Sc5c(F)ccc(N6C[C@H]7CC[C@@H](C6)N7)c5C4C#N)c(F)c3n2)C1. The van der Waals surface area contributed by atoms with Crippen molar-refractivity contribution in [3.05, 3.63) is 53.0 Å². The molecule has 1 aromatic heterocycles. The molecule has 2 bridgehead atoms. The molecule has 2 aromatic carbocycles. The molecule has 3 saturated heterocycles. The van der Waals surface area contributed by atoms with E-state index < -0.39 is 45.9 Å². The van der Waals surface area contributed by atoms with E-state index in [4.69, 9.17) is 10.5 Å². The van der Waals surface area contributed by atoms with Crippen molar-refractivity contribution in [2.75, 3.05) is 50.9 Å². The van der Waals surface area contributed by atoms with Crippen LogP contribution in [0, 0.1) is 40.1 Å². The summed E-state index contributed by atoms with van der Waals surface area (Å²) in [6.07, 6.45) is 4.00. The topological polar surface area (TPSA) is 103 Å². The number of nitrogens with one attached hydrogen (secondary N) is 1. The minimum absolute atomic E-state index is 0.0783.